The molecule has 1 aromatic heterocycles. The number of carbonyl (C=O) groups is 1. The second-order valence-corrected chi connectivity index (χ2v) is 5.42. The number of carboxylic acids is 1. The Morgan fingerprint density at radius 3 is 2.88 bits per heavy atom. The Hall–Kier alpha value is -3.21. The van der Waals surface area contributed by atoms with E-state index in [0.717, 1.165) is 18.5 Å². The molecule has 7 nitrogen and oxygen atoms in total. The van der Waals surface area contributed by atoms with Crippen LogP contribution >= 0.6 is 0 Å². The van der Waals surface area contributed by atoms with E-state index in [-0.39, 0.29) is 18.1 Å². The quantitative estimate of drug-likeness (QED) is 0.747. The summed E-state index contributed by atoms with van der Waals surface area (Å²) >= 11 is 0. The first-order valence-corrected chi connectivity index (χ1v) is 7.37. The van der Waals surface area contributed by atoms with Crippen LogP contribution in [0, 0.1) is 17.1 Å². The van der Waals surface area contributed by atoms with Gasteiger partial charge in [-0.25, -0.2) is 9.37 Å². The zero-order chi connectivity index (χ0) is 17.1. The van der Waals surface area contributed by atoms with Crippen molar-refractivity contribution in [2.75, 3.05) is 17.2 Å². The number of nitriles is 1. The maximum absolute atomic E-state index is 13.7. The normalized spacial score (nSPS) is 13.2. The third kappa shape index (κ3) is 3.57. The lowest BCUT2D eigenvalue weighted by atomic mass is 10.2. The number of hydrogen-bond acceptors (Lipinski definition) is 6. The number of anilines is 3. The summed E-state index contributed by atoms with van der Waals surface area (Å²) < 4.78 is 13.7. The molecule has 1 aliphatic rings. The molecule has 8 heteroatoms. The molecule has 3 rings (SSSR count). The molecular weight excluding hydrogens is 313 g/mol. The van der Waals surface area contributed by atoms with Gasteiger partial charge in [0.15, 0.2) is 0 Å². The lowest BCUT2D eigenvalue weighted by Gasteiger charge is -2.11. The Morgan fingerprint density at radius 1 is 1.42 bits per heavy atom. The van der Waals surface area contributed by atoms with Crippen LogP contribution in [0.1, 0.15) is 30.0 Å². The predicted molar refractivity (Wildman–Crippen MR) is 84.5 cm³/mol. The molecule has 0 radical (unpaired) electrons. The van der Waals surface area contributed by atoms with Crippen molar-refractivity contribution in [3.05, 3.63) is 41.3 Å². The number of carboxylic acid groups (broad SMARTS) is 1. The first-order chi connectivity index (χ1) is 11.6. The maximum Gasteiger partial charge on any atom is 0.322 e. The molecule has 0 unspecified atom stereocenters. The maximum atomic E-state index is 13.7. The zero-order valence-corrected chi connectivity index (χ0v) is 12.6. The van der Waals surface area contributed by atoms with E-state index in [9.17, 15) is 9.18 Å². The topological polar surface area (TPSA) is 111 Å². The molecule has 1 aromatic carbocycles. The Labute approximate surface area is 137 Å². The van der Waals surface area contributed by atoms with Gasteiger partial charge >= 0.3 is 5.97 Å². The highest BCUT2D eigenvalue weighted by Crippen LogP contribution is 2.40. The van der Waals surface area contributed by atoms with E-state index >= 15 is 0 Å². The van der Waals surface area contributed by atoms with Gasteiger partial charge in [0.1, 0.15) is 29.8 Å². The lowest BCUT2D eigenvalue weighted by Crippen LogP contribution is -2.15. The van der Waals surface area contributed by atoms with Crippen molar-refractivity contribution >= 4 is 23.4 Å². The van der Waals surface area contributed by atoms with Crippen molar-refractivity contribution in [2.24, 2.45) is 0 Å². The molecule has 0 spiro atoms. The Kier molecular flexibility index (Phi) is 4.24. The number of aromatic nitrogens is 2. The molecule has 1 aliphatic carbocycles. The second kappa shape index (κ2) is 6.50. The summed E-state index contributed by atoms with van der Waals surface area (Å²) in [6.45, 7) is -0.309. The first kappa shape index (κ1) is 15.7. The van der Waals surface area contributed by atoms with Crippen molar-refractivity contribution in [3.8, 4) is 6.07 Å². The third-order valence-corrected chi connectivity index (χ3v) is 3.53. The molecule has 0 bridgehead atoms. The first-order valence-electron chi connectivity index (χ1n) is 7.37. The zero-order valence-electron chi connectivity index (χ0n) is 12.6. The standard InChI is InChI=1S/C16H14FN5O2/c17-11-2-1-3-12(10(11)7-18)20-14-6-13(9-4-5-9)21-16(22-14)19-8-15(23)24/h1-3,6,9H,4-5,8H2,(H,23,24)(H2,19,20,21,22). The number of rotatable bonds is 6. The largest absolute Gasteiger partial charge is 0.480 e. The number of benzene rings is 1. The van der Waals surface area contributed by atoms with Crippen molar-refractivity contribution in [1.82, 2.24) is 9.97 Å². The highest BCUT2D eigenvalue weighted by Gasteiger charge is 2.26. The van der Waals surface area contributed by atoms with Crippen LogP contribution in [0.2, 0.25) is 0 Å². The molecule has 0 amide bonds. The predicted octanol–water partition coefficient (Wildman–Crippen LogP) is 2.60. The number of halogens is 1. The summed E-state index contributed by atoms with van der Waals surface area (Å²) in [6.07, 6.45) is 2.02. The fourth-order valence-electron chi connectivity index (χ4n) is 2.23. The van der Waals surface area contributed by atoms with E-state index in [4.69, 9.17) is 10.4 Å². The molecular formula is C16H14FN5O2. The van der Waals surface area contributed by atoms with Gasteiger partial charge in [0.25, 0.3) is 0 Å². The van der Waals surface area contributed by atoms with Gasteiger partial charge in [0, 0.05) is 12.0 Å². The van der Waals surface area contributed by atoms with Crippen LogP contribution in [0.25, 0.3) is 0 Å². The van der Waals surface area contributed by atoms with Gasteiger partial charge in [0.05, 0.1) is 11.4 Å². The molecule has 1 saturated carbocycles. The highest BCUT2D eigenvalue weighted by molar-refractivity contribution is 5.72. The van der Waals surface area contributed by atoms with Gasteiger partial charge in [-0.3, -0.25) is 4.79 Å². The number of aliphatic carboxylic acids is 1. The summed E-state index contributed by atoms with van der Waals surface area (Å²) in [5.74, 6) is -0.770. The van der Waals surface area contributed by atoms with E-state index in [1.54, 1.807) is 12.1 Å². The van der Waals surface area contributed by atoms with Gasteiger partial charge in [-0.05, 0) is 25.0 Å². The Bertz CT molecular complexity index is 830. The van der Waals surface area contributed by atoms with Crippen molar-refractivity contribution < 1.29 is 14.3 Å². The van der Waals surface area contributed by atoms with Gasteiger partial charge in [0.2, 0.25) is 5.95 Å². The van der Waals surface area contributed by atoms with E-state index in [1.807, 2.05) is 6.07 Å². The third-order valence-electron chi connectivity index (χ3n) is 3.53. The average molecular weight is 327 g/mol. The minimum Gasteiger partial charge on any atom is -0.480 e. The van der Waals surface area contributed by atoms with Crippen LogP contribution in [0.5, 0.6) is 0 Å². The molecule has 1 fully saturated rings. The average Bonchev–Trinajstić information content (AvgIpc) is 3.38. The van der Waals surface area contributed by atoms with Crippen LogP contribution < -0.4 is 10.6 Å². The highest BCUT2D eigenvalue weighted by atomic mass is 19.1. The molecule has 24 heavy (non-hydrogen) atoms. The van der Waals surface area contributed by atoms with Crippen molar-refractivity contribution in [2.45, 2.75) is 18.8 Å². The summed E-state index contributed by atoms with van der Waals surface area (Å²) in [5, 5.41) is 23.4. The minimum absolute atomic E-state index is 0.107. The van der Waals surface area contributed by atoms with Crippen molar-refractivity contribution in [1.29, 1.82) is 5.26 Å². The molecule has 0 atom stereocenters. The monoisotopic (exact) mass is 327 g/mol. The molecule has 3 N–H and O–H groups in total. The van der Waals surface area contributed by atoms with E-state index in [1.165, 1.54) is 12.1 Å². The second-order valence-electron chi connectivity index (χ2n) is 5.42. The van der Waals surface area contributed by atoms with E-state index in [0.29, 0.717) is 17.4 Å². The van der Waals surface area contributed by atoms with Crippen molar-refractivity contribution in [3.63, 3.8) is 0 Å². The van der Waals surface area contributed by atoms with E-state index in [2.05, 4.69) is 20.6 Å². The van der Waals surface area contributed by atoms with Crippen LogP contribution in [-0.4, -0.2) is 27.6 Å². The summed E-state index contributed by atoms with van der Waals surface area (Å²) in [4.78, 5) is 19.2. The molecule has 1 heterocycles. The Balaban J connectivity index is 1.91. The number of nitrogens with zero attached hydrogens (tertiary/aromatic N) is 3. The van der Waals surface area contributed by atoms with Gasteiger partial charge < -0.3 is 15.7 Å². The number of hydrogen-bond donors (Lipinski definition) is 3. The fourth-order valence-corrected chi connectivity index (χ4v) is 2.23. The smallest absolute Gasteiger partial charge is 0.322 e. The summed E-state index contributed by atoms with van der Waals surface area (Å²) in [5.41, 5.74) is 0.974. The SMILES string of the molecule is N#Cc1c(F)cccc1Nc1cc(C2CC2)nc(NCC(=O)O)n1. The van der Waals surface area contributed by atoms with Crippen LogP contribution in [0.4, 0.5) is 21.8 Å². The van der Waals surface area contributed by atoms with Crippen LogP contribution in [0.3, 0.4) is 0 Å². The minimum atomic E-state index is -1.03. The van der Waals surface area contributed by atoms with Gasteiger partial charge in [-0.15, -0.1) is 0 Å². The molecule has 2 aromatic rings. The molecule has 0 aliphatic heterocycles. The molecule has 0 saturated heterocycles. The Morgan fingerprint density at radius 2 is 2.21 bits per heavy atom. The number of nitrogens with one attached hydrogen (secondary N) is 2. The lowest BCUT2D eigenvalue weighted by molar-refractivity contribution is -0.134. The summed E-state index contributed by atoms with van der Waals surface area (Å²) in [7, 11) is 0. The fraction of sp³-hybridized carbons (Fsp3) is 0.250. The van der Waals surface area contributed by atoms with Gasteiger partial charge in [-0.2, -0.15) is 10.2 Å². The van der Waals surface area contributed by atoms with E-state index < -0.39 is 11.8 Å². The summed E-state index contributed by atoms with van der Waals surface area (Å²) in [6, 6.07) is 7.82. The molecule has 122 valence electrons. The van der Waals surface area contributed by atoms with Gasteiger partial charge in [-0.1, -0.05) is 6.07 Å². The van der Waals surface area contributed by atoms with Crippen LogP contribution in [0.15, 0.2) is 24.3 Å². The van der Waals surface area contributed by atoms with Crippen LogP contribution in [-0.2, 0) is 4.79 Å².